The molecule has 0 aliphatic heterocycles. The third-order valence-electron chi connectivity index (χ3n) is 5.41. The van der Waals surface area contributed by atoms with E-state index in [1.54, 1.807) is 0 Å². The van der Waals surface area contributed by atoms with Crippen molar-refractivity contribution < 1.29 is 31.6 Å². The van der Waals surface area contributed by atoms with Gasteiger partial charge < -0.3 is 0 Å². The number of non-ortho nitro benzene ring substituents is 1. The molecule has 0 saturated heterocycles. The Morgan fingerprint density at radius 1 is 0.538 bits per heavy atom. The van der Waals surface area contributed by atoms with Crippen LogP contribution in [-0.4, -0.2) is 31.6 Å². The van der Waals surface area contributed by atoms with Gasteiger partial charge in [0.25, 0.3) is 31.4 Å². The van der Waals surface area contributed by atoms with Crippen molar-refractivity contribution in [1.29, 1.82) is 0 Å². The standard InChI is InChI=1S/C22H15N5O10S2/c28-25(29)17-12-11-16-18(26(30)31)13-19(27(32)33)22(24-39(36,37)15-9-5-2-6-10-15)20(16)21(17)23-38(34,35)14-7-3-1-4-8-14/h1-13,23-24H. The molecule has 0 aromatic heterocycles. The van der Waals surface area contributed by atoms with E-state index >= 15 is 0 Å². The molecule has 39 heavy (non-hydrogen) atoms. The van der Waals surface area contributed by atoms with Crippen molar-refractivity contribution in [2.24, 2.45) is 0 Å². The van der Waals surface area contributed by atoms with Crippen LogP contribution < -0.4 is 9.44 Å². The maximum absolute atomic E-state index is 13.1. The molecule has 17 heteroatoms. The molecule has 0 spiro atoms. The molecule has 0 unspecified atom stereocenters. The first-order chi connectivity index (χ1) is 18.3. The van der Waals surface area contributed by atoms with Crippen LogP contribution in [0.3, 0.4) is 0 Å². The third-order valence-corrected chi connectivity index (χ3v) is 8.14. The van der Waals surface area contributed by atoms with Crippen LogP contribution in [0.1, 0.15) is 0 Å². The van der Waals surface area contributed by atoms with Gasteiger partial charge in [-0.15, -0.1) is 0 Å². The minimum absolute atomic E-state index is 0.359. The zero-order valence-electron chi connectivity index (χ0n) is 19.2. The highest BCUT2D eigenvalue weighted by molar-refractivity contribution is 7.93. The molecular formula is C22H15N5O10S2. The first-order valence-corrected chi connectivity index (χ1v) is 13.5. The van der Waals surface area contributed by atoms with Gasteiger partial charge in [0, 0.05) is 6.07 Å². The van der Waals surface area contributed by atoms with Crippen LogP contribution in [0.15, 0.2) is 88.7 Å². The second-order valence-electron chi connectivity index (χ2n) is 7.78. The quantitative estimate of drug-likeness (QED) is 0.215. The summed E-state index contributed by atoms with van der Waals surface area (Å²) in [5, 5.41) is 34.4. The first kappa shape index (κ1) is 26.9. The Morgan fingerprint density at radius 2 is 0.949 bits per heavy atom. The summed E-state index contributed by atoms with van der Waals surface area (Å²) in [4.78, 5) is 31.8. The Hall–Kier alpha value is -5.16. The molecule has 200 valence electrons. The van der Waals surface area contributed by atoms with E-state index in [9.17, 15) is 47.2 Å². The van der Waals surface area contributed by atoms with Gasteiger partial charge in [0.1, 0.15) is 11.4 Å². The second kappa shape index (κ2) is 9.95. The number of nitrogens with one attached hydrogen (secondary N) is 2. The predicted octanol–water partition coefficient (Wildman–Crippen LogP) is 4.17. The summed E-state index contributed by atoms with van der Waals surface area (Å²) in [5.74, 6) is 0. The molecule has 0 radical (unpaired) electrons. The Morgan fingerprint density at radius 3 is 1.36 bits per heavy atom. The normalized spacial score (nSPS) is 11.6. The van der Waals surface area contributed by atoms with Gasteiger partial charge in [-0.05, 0) is 30.3 Å². The van der Waals surface area contributed by atoms with Gasteiger partial charge in [0.15, 0.2) is 0 Å². The average molecular weight is 574 g/mol. The number of fused-ring (bicyclic) bond motifs is 1. The van der Waals surface area contributed by atoms with Crippen molar-refractivity contribution in [3.05, 3.63) is 109 Å². The molecule has 4 aromatic rings. The van der Waals surface area contributed by atoms with Crippen LogP contribution in [0.4, 0.5) is 28.4 Å². The van der Waals surface area contributed by atoms with Crippen molar-refractivity contribution in [3.63, 3.8) is 0 Å². The molecule has 0 aliphatic carbocycles. The number of benzene rings is 4. The summed E-state index contributed by atoms with van der Waals surface area (Å²) in [6.45, 7) is 0. The number of nitro groups is 3. The Labute approximate surface area is 219 Å². The van der Waals surface area contributed by atoms with E-state index in [-0.39, 0.29) is 9.79 Å². The highest BCUT2D eigenvalue weighted by Crippen LogP contribution is 2.47. The minimum Gasteiger partial charge on any atom is -0.272 e. The van der Waals surface area contributed by atoms with Crippen molar-refractivity contribution in [2.45, 2.75) is 9.79 Å². The lowest BCUT2D eigenvalue weighted by molar-refractivity contribution is -0.392. The third kappa shape index (κ3) is 5.15. The fourth-order valence-corrected chi connectivity index (χ4v) is 5.93. The number of anilines is 2. The summed E-state index contributed by atoms with van der Waals surface area (Å²) in [6.07, 6.45) is 0. The zero-order valence-corrected chi connectivity index (χ0v) is 20.9. The van der Waals surface area contributed by atoms with E-state index in [4.69, 9.17) is 0 Å². The largest absolute Gasteiger partial charge is 0.300 e. The maximum Gasteiger partial charge on any atom is 0.300 e. The first-order valence-electron chi connectivity index (χ1n) is 10.6. The highest BCUT2D eigenvalue weighted by atomic mass is 32.2. The van der Waals surface area contributed by atoms with E-state index in [1.807, 2.05) is 9.44 Å². The van der Waals surface area contributed by atoms with Gasteiger partial charge in [-0.2, -0.15) is 0 Å². The molecule has 0 heterocycles. The molecule has 4 rings (SSSR count). The Balaban J connectivity index is 2.15. The van der Waals surface area contributed by atoms with Gasteiger partial charge in [-0.3, -0.25) is 39.8 Å². The van der Waals surface area contributed by atoms with Gasteiger partial charge in [0.05, 0.1) is 41.4 Å². The zero-order chi connectivity index (χ0) is 28.5. The van der Waals surface area contributed by atoms with E-state index in [1.165, 1.54) is 36.4 Å². The average Bonchev–Trinajstić information content (AvgIpc) is 2.89. The molecule has 0 amide bonds. The summed E-state index contributed by atoms with van der Waals surface area (Å²) >= 11 is 0. The lowest BCUT2D eigenvalue weighted by atomic mass is 10.0. The van der Waals surface area contributed by atoms with Crippen LogP contribution in [-0.2, 0) is 20.0 Å². The number of nitro benzene ring substituents is 3. The van der Waals surface area contributed by atoms with E-state index in [0.29, 0.717) is 6.07 Å². The fraction of sp³-hybridized carbons (Fsp3) is 0. The fourth-order valence-electron chi connectivity index (χ4n) is 3.71. The Bertz CT molecular complexity index is 1790. The van der Waals surface area contributed by atoms with Crippen molar-refractivity contribution >= 4 is 59.3 Å². The van der Waals surface area contributed by atoms with Crippen LogP contribution in [0.2, 0.25) is 0 Å². The lowest BCUT2D eigenvalue weighted by Crippen LogP contribution is -2.17. The number of hydrogen-bond donors (Lipinski definition) is 2. The summed E-state index contributed by atoms with van der Waals surface area (Å²) in [7, 11) is -9.22. The molecular weight excluding hydrogens is 558 g/mol. The smallest absolute Gasteiger partial charge is 0.272 e. The van der Waals surface area contributed by atoms with Gasteiger partial charge >= 0.3 is 5.69 Å². The molecule has 0 bridgehead atoms. The number of hydrogen-bond acceptors (Lipinski definition) is 10. The number of sulfonamides is 2. The summed E-state index contributed by atoms with van der Waals surface area (Å²) in [6, 6.07) is 15.2. The number of nitrogens with zero attached hydrogens (tertiary/aromatic N) is 3. The van der Waals surface area contributed by atoms with Crippen molar-refractivity contribution in [1.82, 2.24) is 0 Å². The van der Waals surface area contributed by atoms with Gasteiger partial charge in [-0.1, -0.05) is 36.4 Å². The molecule has 4 aromatic carbocycles. The minimum atomic E-state index is -4.61. The van der Waals surface area contributed by atoms with E-state index < -0.39 is 74.0 Å². The lowest BCUT2D eigenvalue weighted by Gasteiger charge is -2.16. The number of rotatable bonds is 9. The van der Waals surface area contributed by atoms with Crippen molar-refractivity contribution in [3.8, 4) is 0 Å². The predicted molar refractivity (Wildman–Crippen MR) is 138 cm³/mol. The van der Waals surface area contributed by atoms with E-state index in [0.717, 1.165) is 36.4 Å². The second-order valence-corrected chi connectivity index (χ2v) is 11.1. The Kier molecular flexibility index (Phi) is 6.86. The topological polar surface area (TPSA) is 222 Å². The molecule has 0 atom stereocenters. The monoisotopic (exact) mass is 573 g/mol. The summed E-state index contributed by atoms with van der Waals surface area (Å²) in [5.41, 5.74) is -4.85. The van der Waals surface area contributed by atoms with Crippen LogP contribution in [0.5, 0.6) is 0 Å². The van der Waals surface area contributed by atoms with Gasteiger partial charge in [0.2, 0.25) is 0 Å². The van der Waals surface area contributed by atoms with Crippen LogP contribution in [0, 0.1) is 30.3 Å². The highest BCUT2D eigenvalue weighted by Gasteiger charge is 2.34. The molecule has 0 aliphatic rings. The van der Waals surface area contributed by atoms with E-state index in [2.05, 4.69) is 0 Å². The molecule has 0 saturated carbocycles. The SMILES string of the molecule is O=[N+]([O-])c1ccc2c([N+](=O)[O-])cc([N+](=O)[O-])c(NS(=O)(=O)c3ccccc3)c2c1NS(=O)(=O)c1ccccc1. The molecule has 15 nitrogen and oxygen atoms in total. The summed E-state index contributed by atoms with van der Waals surface area (Å²) < 4.78 is 56.5. The maximum atomic E-state index is 13.1. The van der Waals surface area contributed by atoms with Crippen LogP contribution in [0.25, 0.3) is 10.8 Å². The van der Waals surface area contributed by atoms with Crippen LogP contribution >= 0.6 is 0 Å². The van der Waals surface area contributed by atoms with Gasteiger partial charge in [-0.25, -0.2) is 16.8 Å². The molecule has 0 fully saturated rings. The van der Waals surface area contributed by atoms with Crippen molar-refractivity contribution in [2.75, 3.05) is 9.44 Å². The molecule has 2 N–H and O–H groups in total.